The lowest BCUT2D eigenvalue weighted by molar-refractivity contribution is -0.120. The molecule has 0 heterocycles. The van der Waals surface area contributed by atoms with E-state index in [1.807, 2.05) is 13.0 Å². The number of hydrogen-bond donors (Lipinski definition) is 0. The van der Waals surface area contributed by atoms with E-state index in [1.54, 1.807) is 0 Å². The van der Waals surface area contributed by atoms with Crippen LogP contribution in [0.3, 0.4) is 0 Å². The van der Waals surface area contributed by atoms with Crippen molar-refractivity contribution in [3.63, 3.8) is 0 Å². The predicted molar refractivity (Wildman–Crippen MR) is 160 cm³/mol. The van der Waals surface area contributed by atoms with Crippen LogP contribution in [0.4, 0.5) is 0 Å². The Bertz CT molecular complexity index is 1290. The number of rotatable bonds is 10. The summed E-state index contributed by atoms with van der Waals surface area (Å²) in [6.07, 6.45) is 8.52. The Morgan fingerprint density at radius 3 is 2.35 bits per heavy atom. The Kier molecular flexibility index (Phi) is 8.12. The fourth-order valence-corrected chi connectivity index (χ4v) is 8.50. The van der Waals surface area contributed by atoms with Crippen molar-refractivity contribution in [1.82, 2.24) is 0 Å². The molecule has 0 bridgehead atoms. The van der Waals surface area contributed by atoms with Gasteiger partial charge in [-0.1, -0.05) is 80.6 Å². The van der Waals surface area contributed by atoms with Crippen LogP contribution in [0.25, 0.3) is 0 Å². The summed E-state index contributed by atoms with van der Waals surface area (Å²) in [6, 6.07) is 27.8. The molecule has 210 valence electrons. The SMILES string of the molecule is CCC(=O)CC[C@H]1C[C@]2(C)C(OCc3ccccc3)CC[C@H]2[C@@H]2CCc3cc(OCc4ccccc4)ccc3[C@@H]12. The number of fused-ring (bicyclic) bond motifs is 5. The van der Waals surface area contributed by atoms with Crippen molar-refractivity contribution in [2.24, 2.45) is 23.2 Å². The summed E-state index contributed by atoms with van der Waals surface area (Å²) >= 11 is 0. The van der Waals surface area contributed by atoms with Crippen molar-refractivity contribution in [2.45, 2.75) is 90.4 Å². The van der Waals surface area contributed by atoms with Crippen LogP contribution in [-0.2, 0) is 29.2 Å². The third kappa shape index (κ3) is 5.50. The van der Waals surface area contributed by atoms with Gasteiger partial charge in [0.25, 0.3) is 0 Å². The zero-order chi connectivity index (χ0) is 27.5. The lowest BCUT2D eigenvalue weighted by atomic mass is 9.51. The van der Waals surface area contributed by atoms with Gasteiger partial charge in [0, 0.05) is 12.8 Å². The molecule has 0 N–H and O–H groups in total. The number of Topliss-reactive ketones (excluding diaryl/α,β-unsaturated/α-hetero) is 1. The molecule has 3 aromatic rings. The van der Waals surface area contributed by atoms with E-state index in [0.29, 0.717) is 55.5 Å². The van der Waals surface area contributed by atoms with Crippen LogP contribution in [0.1, 0.15) is 87.0 Å². The number of ether oxygens (including phenoxy) is 2. The zero-order valence-corrected chi connectivity index (χ0v) is 24.2. The van der Waals surface area contributed by atoms with Crippen molar-refractivity contribution < 1.29 is 14.3 Å². The maximum atomic E-state index is 12.5. The summed E-state index contributed by atoms with van der Waals surface area (Å²) < 4.78 is 12.9. The van der Waals surface area contributed by atoms with Crippen LogP contribution < -0.4 is 4.74 Å². The maximum absolute atomic E-state index is 12.5. The topological polar surface area (TPSA) is 35.5 Å². The van der Waals surface area contributed by atoms with Crippen LogP contribution >= 0.6 is 0 Å². The van der Waals surface area contributed by atoms with Gasteiger partial charge in [0.05, 0.1) is 12.7 Å². The van der Waals surface area contributed by atoms with Crippen LogP contribution in [-0.4, -0.2) is 11.9 Å². The van der Waals surface area contributed by atoms with Gasteiger partial charge in [-0.05, 0) is 102 Å². The Hall–Kier alpha value is -2.91. The van der Waals surface area contributed by atoms with E-state index in [0.717, 1.165) is 31.4 Å². The summed E-state index contributed by atoms with van der Waals surface area (Å²) in [5, 5.41) is 0. The van der Waals surface area contributed by atoms with E-state index >= 15 is 0 Å². The zero-order valence-electron chi connectivity index (χ0n) is 24.2. The highest BCUT2D eigenvalue weighted by Crippen LogP contribution is 2.64. The normalized spacial score (nSPS) is 28.8. The molecule has 0 aromatic heterocycles. The average molecular weight is 537 g/mol. The minimum absolute atomic E-state index is 0.173. The summed E-state index contributed by atoms with van der Waals surface area (Å²) in [4.78, 5) is 12.5. The van der Waals surface area contributed by atoms with Gasteiger partial charge in [-0.15, -0.1) is 0 Å². The fraction of sp³-hybridized carbons (Fsp3) is 0.486. The molecule has 3 heteroatoms. The fourth-order valence-electron chi connectivity index (χ4n) is 8.50. The van der Waals surface area contributed by atoms with Gasteiger partial charge in [-0.2, -0.15) is 0 Å². The van der Waals surface area contributed by atoms with Crippen LogP contribution in [0.15, 0.2) is 78.9 Å². The minimum Gasteiger partial charge on any atom is -0.489 e. The first-order valence-electron chi connectivity index (χ1n) is 15.5. The molecule has 1 unspecified atom stereocenters. The van der Waals surface area contributed by atoms with E-state index in [9.17, 15) is 4.79 Å². The number of hydrogen-bond acceptors (Lipinski definition) is 3. The third-order valence-electron chi connectivity index (χ3n) is 10.5. The predicted octanol–water partition coefficient (Wildman–Crippen LogP) is 8.69. The van der Waals surface area contributed by atoms with Gasteiger partial charge < -0.3 is 9.47 Å². The van der Waals surface area contributed by atoms with Gasteiger partial charge in [0.2, 0.25) is 0 Å². The summed E-state index contributed by atoms with van der Waals surface area (Å²) in [5.74, 6) is 3.75. The standard InChI is InChI=1S/C37H44O3/c1-3-30(38)16-14-29-23-37(2)34(20-21-35(37)40-25-27-12-8-5-9-13-27)33-18-15-28-22-31(17-19-32(28)36(29)33)39-24-26-10-6-4-7-11-26/h4-13,17,19,22,29,33-36H,3,14-16,18,20-21,23-25H2,1-2H3/t29-,33-,34-,35?,36+,37-/m0/s1. The molecule has 0 radical (unpaired) electrons. The van der Waals surface area contributed by atoms with E-state index in [2.05, 4.69) is 79.7 Å². The molecule has 6 rings (SSSR count). The first kappa shape index (κ1) is 27.3. The molecular weight excluding hydrogens is 492 g/mol. The second-order valence-corrected chi connectivity index (χ2v) is 12.7. The number of carbonyl (C=O) groups excluding carboxylic acids is 1. The lowest BCUT2D eigenvalue weighted by Crippen LogP contribution is -2.48. The Balaban J connectivity index is 1.23. The Morgan fingerprint density at radius 2 is 1.62 bits per heavy atom. The molecule has 2 fully saturated rings. The second kappa shape index (κ2) is 11.9. The van der Waals surface area contributed by atoms with E-state index in [1.165, 1.54) is 35.1 Å². The van der Waals surface area contributed by atoms with Gasteiger partial charge in [0.1, 0.15) is 18.1 Å². The van der Waals surface area contributed by atoms with Crippen molar-refractivity contribution in [3.05, 3.63) is 101 Å². The molecule has 3 aliphatic rings. The van der Waals surface area contributed by atoms with Gasteiger partial charge in [-0.25, -0.2) is 0 Å². The highest BCUT2D eigenvalue weighted by molar-refractivity contribution is 5.77. The third-order valence-corrected chi connectivity index (χ3v) is 10.5. The minimum atomic E-state index is 0.173. The van der Waals surface area contributed by atoms with Gasteiger partial charge in [0.15, 0.2) is 0 Å². The lowest BCUT2D eigenvalue weighted by Gasteiger charge is -2.54. The van der Waals surface area contributed by atoms with E-state index < -0.39 is 0 Å². The number of carbonyl (C=O) groups is 1. The Morgan fingerprint density at radius 1 is 0.900 bits per heavy atom. The van der Waals surface area contributed by atoms with Crippen molar-refractivity contribution in [2.75, 3.05) is 0 Å². The quantitative estimate of drug-likeness (QED) is 0.260. The average Bonchev–Trinajstić information content (AvgIpc) is 3.33. The van der Waals surface area contributed by atoms with E-state index in [-0.39, 0.29) is 11.5 Å². The second-order valence-electron chi connectivity index (χ2n) is 12.7. The molecule has 0 amide bonds. The molecular formula is C37H44O3. The Labute approximate surface area is 240 Å². The molecule has 2 saturated carbocycles. The van der Waals surface area contributed by atoms with Crippen LogP contribution in [0, 0.1) is 23.2 Å². The van der Waals surface area contributed by atoms with Crippen LogP contribution in [0.2, 0.25) is 0 Å². The molecule has 0 spiro atoms. The van der Waals surface area contributed by atoms with E-state index in [4.69, 9.17) is 9.47 Å². The number of benzene rings is 3. The molecule has 3 nitrogen and oxygen atoms in total. The molecule has 0 saturated heterocycles. The van der Waals surface area contributed by atoms with Crippen molar-refractivity contribution in [1.29, 1.82) is 0 Å². The highest BCUT2D eigenvalue weighted by atomic mass is 16.5. The maximum Gasteiger partial charge on any atom is 0.132 e. The van der Waals surface area contributed by atoms with Gasteiger partial charge >= 0.3 is 0 Å². The van der Waals surface area contributed by atoms with Gasteiger partial charge in [-0.3, -0.25) is 4.79 Å². The molecule has 6 atom stereocenters. The largest absolute Gasteiger partial charge is 0.489 e. The molecule has 0 aliphatic heterocycles. The first-order valence-corrected chi connectivity index (χ1v) is 15.5. The smallest absolute Gasteiger partial charge is 0.132 e. The molecule has 3 aromatic carbocycles. The number of ketones is 1. The first-order chi connectivity index (χ1) is 19.5. The number of aryl methyl sites for hydroxylation is 1. The monoisotopic (exact) mass is 536 g/mol. The molecule has 40 heavy (non-hydrogen) atoms. The van der Waals surface area contributed by atoms with Crippen molar-refractivity contribution >= 4 is 5.78 Å². The highest BCUT2D eigenvalue weighted by Gasteiger charge is 2.58. The summed E-state index contributed by atoms with van der Waals surface area (Å²) in [7, 11) is 0. The summed E-state index contributed by atoms with van der Waals surface area (Å²) in [6.45, 7) is 5.80. The summed E-state index contributed by atoms with van der Waals surface area (Å²) in [5.41, 5.74) is 5.60. The van der Waals surface area contributed by atoms with Crippen LogP contribution in [0.5, 0.6) is 5.75 Å². The van der Waals surface area contributed by atoms with Crippen molar-refractivity contribution in [3.8, 4) is 5.75 Å². The molecule has 3 aliphatic carbocycles.